The predicted octanol–water partition coefficient (Wildman–Crippen LogP) is 2.62. The lowest BCUT2D eigenvalue weighted by molar-refractivity contribution is 0.0262. The Morgan fingerprint density at radius 2 is 1.56 bits per heavy atom. The van der Waals surface area contributed by atoms with Gasteiger partial charge < -0.3 is 15.2 Å². The zero-order valence-corrected chi connectivity index (χ0v) is 11.6. The molecule has 0 saturated heterocycles. The zero-order valence-electron chi connectivity index (χ0n) is 11.6. The number of hydrogen-bond acceptors (Lipinski definition) is 3. The van der Waals surface area contributed by atoms with Crippen molar-refractivity contribution < 1.29 is 9.84 Å². The molecule has 2 unspecified atom stereocenters. The van der Waals surface area contributed by atoms with Gasteiger partial charge in [-0.2, -0.15) is 0 Å². The van der Waals surface area contributed by atoms with E-state index >= 15 is 0 Å². The number of nitrogens with one attached hydrogen (secondary N) is 1. The summed E-state index contributed by atoms with van der Waals surface area (Å²) in [4.78, 5) is 0. The quantitative estimate of drug-likeness (QED) is 0.586. The molecule has 2 aliphatic rings. The molecule has 106 valence electrons. The lowest BCUT2D eigenvalue weighted by Crippen LogP contribution is -2.41. The molecule has 0 amide bonds. The van der Waals surface area contributed by atoms with Crippen LogP contribution >= 0.6 is 0 Å². The van der Waals surface area contributed by atoms with Crippen LogP contribution in [0.2, 0.25) is 0 Å². The molecule has 2 saturated carbocycles. The smallest absolute Gasteiger partial charge is 0.0693 e. The molecule has 18 heavy (non-hydrogen) atoms. The average Bonchev–Trinajstić information content (AvgIpc) is 2.61. The van der Waals surface area contributed by atoms with Gasteiger partial charge in [-0.15, -0.1) is 0 Å². The van der Waals surface area contributed by atoms with Crippen molar-refractivity contribution in [2.45, 2.75) is 82.5 Å². The summed E-state index contributed by atoms with van der Waals surface area (Å²) in [6.45, 7) is 1.69. The number of hydrogen-bond donors (Lipinski definition) is 2. The Kier molecular flexibility index (Phi) is 6.46. The summed E-state index contributed by atoms with van der Waals surface area (Å²) >= 11 is 0. The molecule has 0 spiro atoms. The Hall–Kier alpha value is -0.120. The van der Waals surface area contributed by atoms with Gasteiger partial charge in [0.2, 0.25) is 0 Å². The van der Waals surface area contributed by atoms with Crippen molar-refractivity contribution >= 4 is 0 Å². The fraction of sp³-hybridized carbons (Fsp3) is 1.00. The molecule has 3 heteroatoms. The van der Waals surface area contributed by atoms with Gasteiger partial charge in [-0.1, -0.05) is 38.5 Å². The van der Waals surface area contributed by atoms with E-state index in [0.29, 0.717) is 12.1 Å². The third kappa shape index (κ3) is 4.87. The van der Waals surface area contributed by atoms with Crippen LogP contribution in [0.1, 0.15) is 64.2 Å². The van der Waals surface area contributed by atoms with E-state index in [9.17, 15) is 5.11 Å². The van der Waals surface area contributed by atoms with Crippen LogP contribution in [-0.4, -0.2) is 36.5 Å². The van der Waals surface area contributed by atoms with Crippen molar-refractivity contribution in [3.63, 3.8) is 0 Å². The molecule has 0 aromatic heterocycles. The first-order valence-corrected chi connectivity index (χ1v) is 7.89. The van der Waals surface area contributed by atoms with Crippen LogP contribution in [0.15, 0.2) is 0 Å². The summed E-state index contributed by atoms with van der Waals surface area (Å²) in [5, 5.41) is 13.5. The monoisotopic (exact) mass is 255 g/mol. The van der Waals surface area contributed by atoms with E-state index < -0.39 is 0 Å². The van der Waals surface area contributed by atoms with Gasteiger partial charge in [0.05, 0.1) is 18.8 Å². The van der Waals surface area contributed by atoms with Gasteiger partial charge in [0.25, 0.3) is 0 Å². The Balaban J connectivity index is 1.56. The van der Waals surface area contributed by atoms with Gasteiger partial charge >= 0.3 is 0 Å². The van der Waals surface area contributed by atoms with Crippen molar-refractivity contribution in [2.75, 3.05) is 13.2 Å². The molecule has 0 aromatic carbocycles. The molecule has 0 bridgehead atoms. The van der Waals surface area contributed by atoms with Gasteiger partial charge in [-0.05, 0) is 25.7 Å². The van der Waals surface area contributed by atoms with E-state index in [4.69, 9.17) is 4.74 Å². The highest BCUT2D eigenvalue weighted by atomic mass is 16.5. The van der Waals surface area contributed by atoms with Crippen LogP contribution in [-0.2, 0) is 4.74 Å². The third-order valence-electron chi connectivity index (χ3n) is 4.39. The largest absolute Gasteiger partial charge is 0.392 e. The second kappa shape index (κ2) is 8.13. The first-order chi connectivity index (χ1) is 8.86. The fourth-order valence-electron chi connectivity index (χ4n) is 3.23. The molecule has 2 N–H and O–H groups in total. The van der Waals surface area contributed by atoms with Crippen molar-refractivity contribution in [2.24, 2.45) is 0 Å². The molecule has 0 aliphatic heterocycles. The SMILES string of the molecule is OC1CCCCCC1NCCOC1CCCCC1. The highest BCUT2D eigenvalue weighted by molar-refractivity contribution is 4.78. The molecule has 0 aromatic rings. The maximum atomic E-state index is 9.99. The third-order valence-corrected chi connectivity index (χ3v) is 4.39. The predicted molar refractivity (Wildman–Crippen MR) is 73.7 cm³/mol. The van der Waals surface area contributed by atoms with Gasteiger partial charge in [-0.3, -0.25) is 0 Å². The summed E-state index contributed by atoms with van der Waals surface area (Å²) in [5.41, 5.74) is 0. The van der Waals surface area contributed by atoms with E-state index in [2.05, 4.69) is 5.32 Å². The second-order valence-electron chi connectivity index (χ2n) is 5.90. The van der Waals surface area contributed by atoms with E-state index in [1.807, 2.05) is 0 Å². The van der Waals surface area contributed by atoms with Crippen LogP contribution in [0.4, 0.5) is 0 Å². The first-order valence-electron chi connectivity index (χ1n) is 7.89. The second-order valence-corrected chi connectivity index (χ2v) is 5.90. The fourth-order valence-corrected chi connectivity index (χ4v) is 3.23. The van der Waals surface area contributed by atoms with Crippen LogP contribution in [0, 0.1) is 0 Å². The van der Waals surface area contributed by atoms with Gasteiger partial charge in [-0.25, -0.2) is 0 Å². The molecule has 3 nitrogen and oxygen atoms in total. The van der Waals surface area contributed by atoms with Crippen molar-refractivity contribution in [3.05, 3.63) is 0 Å². The Bertz CT molecular complexity index is 217. The van der Waals surface area contributed by atoms with Crippen LogP contribution in [0.3, 0.4) is 0 Å². The van der Waals surface area contributed by atoms with Crippen LogP contribution < -0.4 is 5.32 Å². The molecule has 0 radical (unpaired) electrons. The average molecular weight is 255 g/mol. The van der Waals surface area contributed by atoms with E-state index in [0.717, 1.165) is 26.0 Å². The van der Waals surface area contributed by atoms with Crippen LogP contribution in [0.5, 0.6) is 0 Å². The molecule has 2 aliphatic carbocycles. The van der Waals surface area contributed by atoms with E-state index in [-0.39, 0.29) is 6.10 Å². The lowest BCUT2D eigenvalue weighted by Gasteiger charge is -2.24. The zero-order chi connectivity index (χ0) is 12.6. The Labute approximate surface area is 111 Å². The van der Waals surface area contributed by atoms with E-state index in [1.54, 1.807) is 0 Å². The summed E-state index contributed by atoms with van der Waals surface area (Å²) in [5.74, 6) is 0. The molecular formula is C15H29NO2. The topological polar surface area (TPSA) is 41.5 Å². The first kappa shape index (κ1) is 14.3. The standard InChI is InChI=1S/C15H29NO2/c17-15-10-6-2-5-9-14(15)16-11-12-18-13-7-3-1-4-8-13/h13-17H,1-12H2. The van der Waals surface area contributed by atoms with Gasteiger partial charge in [0.1, 0.15) is 0 Å². The minimum absolute atomic E-state index is 0.151. The highest BCUT2D eigenvalue weighted by Crippen LogP contribution is 2.20. The Morgan fingerprint density at radius 3 is 2.33 bits per heavy atom. The minimum atomic E-state index is -0.151. The summed E-state index contributed by atoms with van der Waals surface area (Å²) in [6, 6.07) is 0.294. The Morgan fingerprint density at radius 1 is 0.889 bits per heavy atom. The summed E-state index contributed by atoms with van der Waals surface area (Å²) < 4.78 is 5.90. The number of aliphatic hydroxyl groups excluding tert-OH is 1. The number of aliphatic hydroxyl groups is 1. The summed E-state index contributed by atoms with van der Waals surface area (Å²) in [7, 11) is 0. The normalized spacial score (nSPS) is 31.2. The molecule has 2 fully saturated rings. The maximum absolute atomic E-state index is 9.99. The summed E-state index contributed by atoms with van der Waals surface area (Å²) in [6.07, 6.45) is 12.7. The maximum Gasteiger partial charge on any atom is 0.0693 e. The van der Waals surface area contributed by atoms with E-state index in [1.165, 1.54) is 51.4 Å². The lowest BCUT2D eigenvalue weighted by atomic mass is 9.98. The molecule has 0 heterocycles. The molecule has 2 atom stereocenters. The molecular weight excluding hydrogens is 226 g/mol. The van der Waals surface area contributed by atoms with Gasteiger partial charge in [0, 0.05) is 12.6 Å². The van der Waals surface area contributed by atoms with Crippen molar-refractivity contribution in [1.82, 2.24) is 5.32 Å². The highest BCUT2D eigenvalue weighted by Gasteiger charge is 2.20. The van der Waals surface area contributed by atoms with Crippen molar-refractivity contribution in [3.8, 4) is 0 Å². The molecule has 2 rings (SSSR count). The number of rotatable bonds is 5. The van der Waals surface area contributed by atoms with Crippen molar-refractivity contribution in [1.29, 1.82) is 0 Å². The number of ether oxygens (including phenoxy) is 1. The van der Waals surface area contributed by atoms with Crippen LogP contribution in [0.25, 0.3) is 0 Å². The minimum Gasteiger partial charge on any atom is -0.392 e. The van der Waals surface area contributed by atoms with Gasteiger partial charge in [0.15, 0.2) is 0 Å².